The van der Waals surface area contributed by atoms with Gasteiger partial charge in [0.1, 0.15) is 5.75 Å². The second-order valence-corrected chi connectivity index (χ2v) is 12.4. The summed E-state index contributed by atoms with van der Waals surface area (Å²) in [7, 11) is -3.61. The maximum atomic E-state index is 14.0. The topological polar surface area (TPSA) is 72.9 Å². The van der Waals surface area contributed by atoms with Crippen LogP contribution in [0.5, 0.6) is 5.75 Å². The zero-order chi connectivity index (χ0) is 26.2. The summed E-state index contributed by atoms with van der Waals surface area (Å²) in [4.78, 5) is 14.2. The van der Waals surface area contributed by atoms with Crippen molar-refractivity contribution in [3.63, 3.8) is 0 Å². The van der Waals surface area contributed by atoms with Crippen molar-refractivity contribution in [2.24, 2.45) is 5.41 Å². The monoisotopic (exact) mass is 579 g/mol. The fourth-order valence-electron chi connectivity index (χ4n) is 4.89. The van der Waals surface area contributed by atoms with Crippen molar-refractivity contribution in [2.75, 3.05) is 30.4 Å². The van der Waals surface area contributed by atoms with Crippen LogP contribution < -0.4 is 9.64 Å². The summed E-state index contributed by atoms with van der Waals surface area (Å²) in [5, 5.41) is 0. The number of ether oxygens (including phenoxy) is 2. The fourth-order valence-corrected chi connectivity index (χ4v) is 7.45. The number of esters is 1. The zero-order valence-corrected chi connectivity index (χ0v) is 24.0. The van der Waals surface area contributed by atoms with Gasteiger partial charge in [-0.3, -0.25) is 4.79 Å². The predicted octanol–water partition coefficient (Wildman–Crippen LogP) is 7.07. The van der Waals surface area contributed by atoms with Gasteiger partial charge in [-0.05, 0) is 53.9 Å². The number of fused-ring (bicyclic) bond motifs is 1. The van der Waals surface area contributed by atoms with Crippen LogP contribution >= 0.6 is 15.9 Å². The molecule has 0 bridgehead atoms. The minimum atomic E-state index is -3.61. The third-order valence-corrected chi connectivity index (χ3v) is 9.30. The van der Waals surface area contributed by atoms with Crippen LogP contribution in [0.25, 0.3) is 0 Å². The molecule has 0 spiro atoms. The SMILES string of the molecule is CCCCC1(CCCC)CN(c2ccccc2)c2cc(Br)c(OCCC(=O)OCC)cc2S(=O)(=O)C1. The first-order valence-corrected chi connectivity index (χ1v) is 15.4. The maximum Gasteiger partial charge on any atom is 0.309 e. The summed E-state index contributed by atoms with van der Waals surface area (Å²) in [6.07, 6.45) is 5.85. The fraction of sp³-hybridized carbons (Fsp3) is 0.536. The number of benzene rings is 2. The van der Waals surface area contributed by atoms with E-state index in [2.05, 4.69) is 34.7 Å². The molecule has 1 heterocycles. The Hall–Kier alpha value is -2.06. The molecule has 0 aromatic heterocycles. The van der Waals surface area contributed by atoms with Crippen LogP contribution in [0.15, 0.2) is 51.8 Å². The highest BCUT2D eigenvalue weighted by atomic mass is 79.9. The van der Waals surface area contributed by atoms with Crippen LogP contribution in [0.3, 0.4) is 0 Å². The van der Waals surface area contributed by atoms with Crippen molar-refractivity contribution in [2.45, 2.75) is 70.6 Å². The first-order valence-electron chi connectivity index (χ1n) is 12.9. The summed E-state index contributed by atoms with van der Waals surface area (Å²) >= 11 is 3.59. The molecule has 3 rings (SSSR count). The van der Waals surface area contributed by atoms with Gasteiger partial charge < -0.3 is 14.4 Å². The molecule has 0 fully saturated rings. The smallest absolute Gasteiger partial charge is 0.309 e. The molecular formula is C28H38BrNO5S. The molecule has 0 unspecified atom stereocenters. The number of anilines is 2. The lowest BCUT2D eigenvalue weighted by atomic mass is 9.79. The van der Waals surface area contributed by atoms with E-state index in [4.69, 9.17) is 9.47 Å². The van der Waals surface area contributed by atoms with Crippen LogP contribution in [0, 0.1) is 5.41 Å². The number of sulfone groups is 1. The van der Waals surface area contributed by atoms with Gasteiger partial charge in [-0.15, -0.1) is 0 Å². The van der Waals surface area contributed by atoms with Gasteiger partial charge in [0.15, 0.2) is 9.84 Å². The Morgan fingerprint density at radius 3 is 2.33 bits per heavy atom. The second kappa shape index (κ2) is 13.0. The molecule has 0 N–H and O–H groups in total. The maximum absolute atomic E-state index is 14.0. The quantitative estimate of drug-likeness (QED) is 0.250. The number of halogens is 1. The van der Waals surface area contributed by atoms with Crippen molar-refractivity contribution in [1.29, 1.82) is 0 Å². The highest BCUT2D eigenvalue weighted by Crippen LogP contribution is 2.47. The van der Waals surface area contributed by atoms with Gasteiger partial charge in [0.05, 0.1) is 40.4 Å². The lowest BCUT2D eigenvalue weighted by molar-refractivity contribution is -0.143. The van der Waals surface area contributed by atoms with Crippen LogP contribution in [0.1, 0.15) is 65.7 Å². The molecule has 198 valence electrons. The van der Waals surface area contributed by atoms with Gasteiger partial charge in [-0.1, -0.05) is 57.7 Å². The largest absolute Gasteiger partial charge is 0.492 e. The Balaban J connectivity index is 2.08. The molecule has 2 aromatic rings. The van der Waals surface area contributed by atoms with Gasteiger partial charge in [-0.2, -0.15) is 0 Å². The van der Waals surface area contributed by atoms with E-state index in [9.17, 15) is 13.2 Å². The molecule has 36 heavy (non-hydrogen) atoms. The Kier molecular flexibility index (Phi) is 10.3. The molecular weight excluding hydrogens is 542 g/mol. The molecule has 0 aliphatic carbocycles. The molecule has 1 aliphatic rings. The van der Waals surface area contributed by atoms with E-state index < -0.39 is 9.84 Å². The number of hydrogen-bond donors (Lipinski definition) is 0. The summed E-state index contributed by atoms with van der Waals surface area (Å²) < 4.78 is 39.4. The average molecular weight is 581 g/mol. The van der Waals surface area contributed by atoms with Crippen LogP contribution in [-0.4, -0.2) is 39.9 Å². The summed E-state index contributed by atoms with van der Waals surface area (Å²) in [5.74, 6) is 0.174. The number of rotatable bonds is 12. The molecule has 8 heteroatoms. The molecule has 6 nitrogen and oxygen atoms in total. The average Bonchev–Trinajstić information content (AvgIpc) is 2.94. The number of hydrogen-bond acceptors (Lipinski definition) is 6. The highest BCUT2D eigenvalue weighted by Gasteiger charge is 2.42. The van der Waals surface area contributed by atoms with Crippen molar-refractivity contribution in [1.82, 2.24) is 0 Å². The lowest BCUT2D eigenvalue weighted by Gasteiger charge is -2.37. The minimum absolute atomic E-state index is 0.0946. The second-order valence-electron chi connectivity index (χ2n) is 9.54. The van der Waals surface area contributed by atoms with E-state index in [0.29, 0.717) is 29.1 Å². The van der Waals surface area contributed by atoms with Gasteiger partial charge in [0, 0.05) is 23.7 Å². The van der Waals surface area contributed by atoms with E-state index >= 15 is 0 Å². The van der Waals surface area contributed by atoms with Crippen molar-refractivity contribution in [3.8, 4) is 5.75 Å². The van der Waals surface area contributed by atoms with E-state index in [1.54, 1.807) is 13.0 Å². The van der Waals surface area contributed by atoms with E-state index in [1.165, 1.54) is 0 Å². The molecule has 0 saturated carbocycles. The van der Waals surface area contributed by atoms with Crippen molar-refractivity contribution < 1.29 is 22.7 Å². The van der Waals surface area contributed by atoms with Crippen LogP contribution in [0.2, 0.25) is 0 Å². The standard InChI is InChI=1S/C28H38BrNO5S/c1-4-7-15-28(16-8-5-2)20-30(22-12-10-9-11-13-22)24-18-23(29)25(19-26(24)36(32,33)21-28)35-17-14-27(31)34-6-3/h9-13,18-19H,4-8,14-17,20-21H2,1-3H3. The Bertz CT molecular complexity index is 1110. The molecule has 1 aliphatic heterocycles. The lowest BCUT2D eigenvalue weighted by Crippen LogP contribution is -2.38. The molecule has 0 amide bonds. The highest BCUT2D eigenvalue weighted by molar-refractivity contribution is 9.10. The van der Waals surface area contributed by atoms with Gasteiger partial charge >= 0.3 is 5.97 Å². The summed E-state index contributed by atoms with van der Waals surface area (Å²) in [5.41, 5.74) is 1.27. The normalized spacial score (nSPS) is 16.2. The summed E-state index contributed by atoms with van der Waals surface area (Å²) in [6, 6.07) is 13.5. The number of carbonyl (C=O) groups excluding carboxylic acids is 1. The molecule has 0 saturated heterocycles. The third kappa shape index (κ3) is 7.03. The molecule has 2 aromatic carbocycles. The number of para-hydroxylation sites is 1. The van der Waals surface area contributed by atoms with Gasteiger partial charge in [0.2, 0.25) is 0 Å². The van der Waals surface area contributed by atoms with Crippen molar-refractivity contribution in [3.05, 3.63) is 46.9 Å². The Morgan fingerprint density at radius 2 is 1.72 bits per heavy atom. The van der Waals surface area contributed by atoms with E-state index in [1.807, 2.05) is 36.4 Å². The number of nitrogens with zero attached hydrogens (tertiary/aromatic N) is 1. The number of unbranched alkanes of at least 4 members (excludes halogenated alkanes) is 2. The van der Waals surface area contributed by atoms with Crippen molar-refractivity contribution >= 4 is 43.1 Å². The van der Waals surface area contributed by atoms with E-state index in [0.717, 1.165) is 44.2 Å². The van der Waals surface area contributed by atoms with Gasteiger partial charge in [0.25, 0.3) is 0 Å². The minimum Gasteiger partial charge on any atom is -0.492 e. The Labute approximate surface area is 224 Å². The summed E-state index contributed by atoms with van der Waals surface area (Å²) in [6.45, 7) is 7.12. The first-order chi connectivity index (χ1) is 17.2. The molecule has 0 atom stereocenters. The van der Waals surface area contributed by atoms with Crippen LogP contribution in [0.4, 0.5) is 11.4 Å². The van der Waals surface area contributed by atoms with Crippen LogP contribution in [-0.2, 0) is 19.4 Å². The zero-order valence-electron chi connectivity index (χ0n) is 21.6. The predicted molar refractivity (Wildman–Crippen MR) is 148 cm³/mol. The first kappa shape index (κ1) is 28.5. The van der Waals surface area contributed by atoms with E-state index in [-0.39, 0.29) is 35.1 Å². The molecule has 0 radical (unpaired) electrons. The number of carbonyl (C=O) groups is 1. The Morgan fingerprint density at radius 1 is 1.06 bits per heavy atom. The van der Waals surface area contributed by atoms with Gasteiger partial charge in [-0.25, -0.2) is 8.42 Å². The third-order valence-electron chi connectivity index (χ3n) is 6.69.